The second-order valence-electron chi connectivity index (χ2n) is 7.45. The third kappa shape index (κ3) is 4.20. The Morgan fingerprint density at radius 3 is 2.86 bits per heavy atom. The summed E-state index contributed by atoms with van der Waals surface area (Å²) in [7, 11) is 0. The van der Waals surface area contributed by atoms with E-state index in [2.05, 4.69) is 32.1 Å². The number of pyridine rings is 1. The van der Waals surface area contributed by atoms with Gasteiger partial charge in [0.15, 0.2) is 0 Å². The zero-order valence-corrected chi connectivity index (χ0v) is 16.2. The minimum absolute atomic E-state index is 0.116. The SMILES string of the molecule is CC(=O)N(Cc1cncnc1)[C@@H]1CCCN(Cc2cnn3ccccc23)CC1. The molecule has 0 saturated carbocycles. The van der Waals surface area contributed by atoms with Crippen molar-refractivity contribution in [2.24, 2.45) is 0 Å². The van der Waals surface area contributed by atoms with Crippen LogP contribution < -0.4 is 0 Å². The van der Waals surface area contributed by atoms with Crippen molar-refractivity contribution in [2.45, 2.75) is 45.3 Å². The number of carbonyl (C=O) groups is 1. The highest BCUT2D eigenvalue weighted by Gasteiger charge is 2.25. The monoisotopic (exact) mass is 378 g/mol. The summed E-state index contributed by atoms with van der Waals surface area (Å²) >= 11 is 0. The third-order valence-electron chi connectivity index (χ3n) is 5.50. The second kappa shape index (κ2) is 8.48. The Kier molecular flexibility index (Phi) is 5.62. The molecule has 1 aliphatic heterocycles. The van der Waals surface area contributed by atoms with Gasteiger partial charge in [0.1, 0.15) is 6.33 Å². The summed E-state index contributed by atoms with van der Waals surface area (Å²) < 4.78 is 1.93. The van der Waals surface area contributed by atoms with Crippen molar-refractivity contribution in [2.75, 3.05) is 13.1 Å². The first-order valence-electron chi connectivity index (χ1n) is 9.85. The van der Waals surface area contributed by atoms with E-state index in [1.807, 2.05) is 27.9 Å². The van der Waals surface area contributed by atoms with Crippen molar-refractivity contribution in [3.63, 3.8) is 0 Å². The van der Waals surface area contributed by atoms with Crippen LogP contribution in [-0.4, -0.2) is 54.4 Å². The summed E-state index contributed by atoms with van der Waals surface area (Å²) in [4.78, 5) is 24.9. The predicted molar refractivity (Wildman–Crippen MR) is 106 cm³/mol. The topological polar surface area (TPSA) is 66.6 Å². The number of nitrogens with zero attached hydrogens (tertiary/aromatic N) is 6. The van der Waals surface area contributed by atoms with Gasteiger partial charge in [-0.1, -0.05) is 6.07 Å². The van der Waals surface area contributed by atoms with Crippen LogP contribution in [0.2, 0.25) is 0 Å². The fourth-order valence-electron chi connectivity index (χ4n) is 4.06. The number of fused-ring (bicyclic) bond motifs is 1. The number of rotatable bonds is 5. The zero-order chi connectivity index (χ0) is 19.3. The van der Waals surface area contributed by atoms with Crippen molar-refractivity contribution in [3.8, 4) is 0 Å². The van der Waals surface area contributed by atoms with Crippen molar-refractivity contribution >= 4 is 11.4 Å². The van der Waals surface area contributed by atoms with Gasteiger partial charge in [0.2, 0.25) is 5.91 Å². The number of hydrogen-bond acceptors (Lipinski definition) is 5. The highest BCUT2D eigenvalue weighted by atomic mass is 16.2. The maximum Gasteiger partial charge on any atom is 0.219 e. The van der Waals surface area contributed by atoms with E-state index in [1.54, 1.807) is 19.3 Å². The van der Waals surface area contributed by atoms with Crippen molar-refractivity contribution < 1.29 is 4.79 Å². The molecule has 1 saturated heterocycles. The molecule has 0 aliphatic carbocycles. The fourth-order valence-corrected chi connectivity index (χ4v) is 4.06. The molecule has 1 atom stereocenters. The molecule has 0 N–H and O–H groups in total. The lowest BCUT2D eigenvalue weighted by molar-refractivity contribution is -0.132. The minimum atomic E-state index is 0.116. The van der Waals surface area contributed by atoms with Crippen molar-refractivity contribution in [3.05, 3.63) is 60.4 Å². The summed E-state index contributed by atoms with van der Waals surface area (Å²) in [6, 6.07) is 6.42. The molecule has 3 aromatic rings. The van der Waals surface area contributed by atoms with Crippen LogP contribution in [0.25, 0.3) is 5.52 Å². The van der Waals surface area contributed by atoms with Crippen LogP contribution in [0.3, 0.4) is 0 Å². The molecule has 4 rings (SSSR count). The van der Waals surface area contributed by atoms with Crippen LogP contribution in [0.5, 0.6) is 0 Å². The van der Waals surface area contributed by atoms with Gasteiger partial charge in [-0.2, -0.15) is 5.10 Å². The predicted octanol–water partition coefficient (Wildman–Crippen LogP) is 2.53. The third-order valence-corrected chi connectivity index (χ3v) is 5.50. The lowest BCUT2D eigenvalue weighted by Gasteiger charge is -2.30. The molecule has 28 heavy (non-hydrogen) atoms. The lowest BCUT2D eigenvalue weighted by atomic mass is 10.1. The second-order valence-corrected chi connectivity index (χ2v) is 7.45. The number of likely N-dealkylation sites (tertiary alicyclic amines) is 1. The first-order chi connectivity index (χ1) is 13.7. The maximum absolute atomic E-state index is 12.3. The largest absolute Gasteiger partial charge is 0.335 e. The van der Waals surface area contributed by atoms with Gasteiger partial charge in [-0.3, -0.25) is 9.69 Å². The van der Waals surface area contributed by atoms with Crippen LogP contribution in [0, 0.1) is 0 Å². The summed E-state index contributed by atoms with van der Waals surface area (Å²) in [5, 5.41) is 4.45. The standard InChI is InChI=1S/C21H26N6O/c1-17(28)26(14-18-11-22-16-23-12-18)20-5-4-8-25(10-7-20)15-19-13-24-27-9-3-2-6-21(19)27/h2-3,6,9,11-13,16,20H,4-5,7-8,10,14-15H2,1H3/t20-/m1/s1. The zero-order valence-electron chi connectivity index (χ0n) is 16.2. The van der Waals surface area contributed by atoms with Gasteiger partial charge in [0.25, 0.3) is 0 Å². The van der Waals surface area contributed by atoms with Crippen LogP contribution >= 0.6 is 0 Å². The van der Waals surface area contributed by atoms with Crippen molar-refractivity contribution in [1.82, 2.24) is 29.4 Å². The average molecular weight is 378 g/mol. The van der Waals surface area contributed by atoms with Gasteiger partial charge in [-0.05, 0) is 37.9 Å². The normalized spacial score (nSPS) is 18.1. The van der Waals surface area contributed by atoms with Crippen LogP contribution in [0.4, 0.5) is 0 Å². The van der Waals surface area contributed by atoms with Gasteiger partial charge >= 0.3 is 0 Å². The Labute approximate surface area is 165 Å². The minimum Gasteiger partial charge on any atom is -0.335 e. The molecule has 1 amide bonds. The molecular weight excluding hydrogens is 352 g/mol. The molecular formula is C21H26N6O. The maximum atomic E-state index is 12.3. The summed E-state index contributed by atoms with van der Waals surface area (Å²) in [5.41, 5.74) is 3.40. The molecule has 0 unspecified atom stereocenters. The molecule has 1 aliphatic rings. The van der Waals surface area contributed by atoms with Crippen LogP contribution in [0.1, 0.15) is 37.3 Å². The Morgan fingerprint density at radius 2 is 2.04 bits per heavy atom. The number of hydrogen-bond donors (Lipinski definition) is 0. The summed E-state index contributed by atoms with van der Waals surface area (Å²) in [6.07, 6.45) is 12.1. The molecule has 0 aromatic carbocycles. The molecule has 7 nitrogen and oxygen atoms in total. The Hall–Kier alpha value is -2.80. The molecule has 0 spiro atoms. The molecule has 4 heterocycles. The highest BCUT2D eigenvalue weighted by molar-refractivity contribution is 5.73. The molecule has 0 bridgehead atoms. The van der Waals surface area contributed by atoms with E-state index in [1.165, 1.54) is 11.9 Å². The van der Waals surface area contributed by atoms with E-state index in [9.17, 15) is 4.79 Å². The van der Waals surface area contributed by atoms with Crippen LogP contribution in [0.15, 0.2) is 49.3 Å². The first kappa shape index (κ1) is 18.6. The molecule has 7 heteroatoms. The molecule has 146 valence electrons. The molecule has 0 radical (unpaired) electrons. The summed E-state index contributed by atoms with van der Waals surface area (Å²) in [5.74, 6) is 0.116. The Morgan fingerprint density at radius 1 is 1.18 bits per heavy atom. The van der Waals surface area contributed by atoms with Gasteiger partial charge in [-0.25, -0.2) is 14.5 Å². The first-order valence-corrected chi connectivity index (χ1v) is 9.85. The van der Waals surface area contributed by atoms with E-state index in [4.69, 9.17) is 0 Å². The number of amides is 1. The smallest absolute Gasteiger partial charge is 0.219 e. The van der Waals surface area contributed by atoms with Gasteiger partial charge < -0.3 is 4.90 Å². The van der Waals surface area contributed by atoms with E-state index < -0.39 is 0 Å². The van der Waals surface area contributed by atoms with Gasteiger partial charge in [0, 0.05) is 62.3 Å². The van der Waals surface area contributed by atoms with E-state index in [-0.39, 0.29) is 11.9 Å². The number of carbonyl (C=O) groups excluding carboxylic acids is 1. The van der Waals surface area contributed by atoms with Crippen LogP contribution in [-0.2, 0) is 17.9 Å². The van der Waals surface area contributed by atoms with Crippen molar-refractivity contribution in [1.29, 1.82) is 0 Å². The van der Waals surface area contributed by atoms with E-state index in [0.29, 0.717) is 6.54 Å². The van der Waals surface area contributed by atoms with E-state index in [0.717, 1.165) is 50.0 Å². The molecule has 3 aromatic heterocycles. The summed E-state index contributed by atoms with van der Waals surface area (Å²) in [6.45, 7) is 5.15. The average Bonchev–Trinajstić information content (AvgIpc) is 2.97. The Balaban J connectivity index is 1.41. The molecule has 1 fully saturated rings. The van der Waals surface area contributed by atoms with Gasteiger partial charge in [0.05, 0.1) is 11.7 Å². The highest BCUT2D eigenvalue weighted by Crippen LogP contribution is 2.21. The Bertz CT molecular complexity index is 925. The number of aromatic nitrogens is 4. The lowest BCUT2D eigenvalue weighted by Crippen LogP contribution is -2.39. The van der Waals surface area contributed by atoms with E-state index >= 15 is 0 Å². The fraction of sp³-hybridized carbons (Fsp3) is 0.429. The quantitative estimate of drug-likeness (QED) is 0.683. The van der Waals surface area contributed by atoms with Gasteiger partial charge in [-0.15, -0.1) is 0 Å².